The molecule has 0 unspecified atom stereocenters. The summed E-state index contributed by atoms with van der Waals surface area (Å²) in [5, 5.41) is -0.161. The third kappa shape index (κ3) is 1.45. The molecule has 0 radical (unpaired) electrons. The van der Waals surface area contributed by atoms with Crippen molar-refractivity contribution in [3.8, 4) is 0 Å². The number of rotatable bonds is 1. The average molecular weight is 189 g/mol. The van der Waals surface area contributed by atoms with Crippen molar-refractivity contribution in [3.05, 3.63) is 27.4 Å². The van der Waals surface area contributed by atoms with Gasteiger partial charge in [-0.15, -0.1) is 0 Å². The van der Waals surface area contributed by atoms with Crippen LogP contribution < -0.4 is 5.56 Å². The Morgan fingerprint density at radius 1 is 1.75 bits per heavy atom. The molecule has 1 heterocycles. The van der Waals surface area contributed by atoms with E-state index in [0.29, 0.717) is 0 Å². The summed E-state index contributed by atoms with van der Waals surface area (Å²) in [7, 11) is 1.16. The molecule has 0 aliphatic rings. The number of esters is 1. The zero-order valence-electron chi connectivity index (χ0n) is 6.13. The van der Waals surface area contributed by atoms with E-state index in [1.807, 2.05) is 0 Å². The fourth-order valence-corrected chi connectivity index (χ4v) is 0.869. The van der Waals surface area contributed by atoms with Crippen LogP contribution in [0.3, 0.4) is 0 Å². The van der Waals surface area contributed by atoms with Crippen molar-refractivity contribution in [1.82, 2.24) is 9.97 Å². The Labute approximate surface area is 72.3 Å². The second-order valence-electron chi connectivity index (χ2n) is 1.89. The lowest BCUT2D eigenvalue weighted by Gasteiger charge is -1.97. The van der Waals surface area contributed by atoms with Gasteiger partial charge in [0.15, 0.2) is 10.7 Å². The van der Waals surface area contributed by atoms with Crippen molar-refractivity contribution < 1.29 is 9.53 Å². The third-order valence-corrected chi connectivity index (χ3v) is 1.48. The molecule has 6 heteroatoms. The summed E-state index contributed by atoms with van der Waals surface area (Å²) in [6.07, 6.45) is 1.11. The van der Waals surface area contributed by atoms with E-state index in [2.05, 4.69) is 14.7 Å². The largest absolute Gasteiger partial charge is 0.465 e. The first kappa shape index (κ1) is 8.73. The number of hydrogen-bond donors (Lipinski definition) is 1. The lowest BCUT2D eigenvalue weighted by Crippen LogP contribution is -2.19. The molecule has 64 valence electrons. The molecule has 0 atom stereocenters. The van der Waals surface area contributed by atoms with Crippen molar-refractivity contribution in [2.45, 2.75) is 0 Å². The summed E-state index contributed by atoms with van der Waals surface area (Å²) in [6, 6.07) is 0. The van der Waals surface area contributed by atoms with Crippen LogP contribution in [0.5, 0.6) is 0 Å². The van der Waals surface area contributed by atoms with E-state index in [-0.39, 0.29) is 10.7 Å². The van der Waals surface area contributed by atoms with E-state index in [1.54, 1.807) is 0 Å². The molecule has 0 aliphatic carbocycles. The zero-order chi connectivity index (χ0) is 9.14. The molecule has 0 aromatic carbocycles. The standard InChI is InChI=1S/C6H5ClN2O3/c1-12-6(11)3-4(7)8-2-9-5(3)10/h2H,1H3,(H,8,9,10). The molecular weight excluding hydrogens is 184 g/mol. The molecule has 1 N–H and O–H groups in total. The highest BCUT2D eigenvalue weighted by Crippen LogP contribution is 2.06. The van der Waals surface area contributed by atoms with Gasteiger partial charge in [-0.25, -0.2) is 9.78 Å². The van der Waals surface area contributed by atoms with Gasteiger partial charge in [0.25, 0.3) is 5.56 Å². The smallest absolute Gasteiger partial charge is 0.346 e. The zero-order valence-corrected chi connectivity index (χ0v) is 6.88. The fourth-order valence-electron chi connectivity index (χ4n) is 0.657. The van der Waals surface area contributed by atoms with Gasteiger partial charge < -0.3 is 9.72 Å². The highest BCUT2D eigenvalue weighted by molar-refractivity contribution is 6.32. The number of nitrogens with one attached hydrogen (secondary N) is 1. The van der Waals surface area contributed by atoms with Gasteiger partial charge in [0, 0.05) is 0 Å². The molecule has 0 amide bonds. The van der Waals surface area contributed by atoms with Gasteiger partial charge >= 0.3 is 5.97 Å². The molecule has 1 aromatic rings. The fraction of sp³-hybridized carbons (Fsp3) is 0.167. The summed E-state index contributed by atoms with van der Waals surface area (Å²) in [5.41, 5.74) is -0.886. The van der Waals surface area contributed by atoms with E-state index < -0.39 is 11.5 Å². The second kappa shape index (κ2) is 3.36. The Hall–Kier alpha value is -1.36. The van der Waals surface area contributed by atoms with Crippen molar-refractivity contribution in [2.24, 2.45) is 0 Å². The van der Waals surface area contributed by atoms with E-state index in [0.717, 1.165) is 13.4 Å². The number of carbonyl (C=O) groups is 1. The van der Waals surface area contributed by atoms with Gasteiger partial charge in [0.2, 0.25) is 0 Å². The van der Waals surface area contributed by atoms with Crippen LogP contribution in [0, 0.1) is 0 Å². The number of aromatic nitrogens is 2. The van der Waals surface area contributed by atoms with Crippen molar-refractivity contribution in [1.29, 1.82) is 0 Å². The maximum Gasteiger partial charge on any atom is 0.346 e. The highest BCUT2D eigenvalue weighted by Gasteiger charge is 2.15. The minimum absolute atomic E-state index is 0.161. The van der Waals surface area contributed by atoms with Crippen LogP contribution in [0.25, 0.3) is 0 Å². The van der Waals surface area contributed by atoms with Crippen LogP contribution in [0.4, 0.5) is 0 Å². The molecule has 0 aliphatic heterocycles. The summed E-state index contributed by atoms with van der Waals surface area (Å²) < 4.78 is 4.31. The number of ether oxygens (including phenoxy) is 1. The minimum Gasteiger partial charge on any atom is -0.465 e. The van der Waals surface area contributed by atoms with Gasteiger partial charge in [-0.2, -0.15) is 0 Å². The number of H-pyrrole nitrogens is 1. The number of carbonyl (C=O) groups excluding carboxylic acids is 1. The number of aromatic amines is 1. The number of nitrogens with zero attached hydrogens (tertiary/aromatic N) is 1. The van der Waals surface area contributed by atoms with E-state index in [1.165, 1.54) is 0 Å². The first-order valence-corrected chi connectivity index (χ1v) is 3.36. The SMILES string of the molecule is COC(=O)c1c(Cl)nc[nH]c1=O. The molecule has 5 nitrogen and oxygen atoms in total. The molecule has 0 bridgehead atoms. The first-order chi connectivity index (χ1) is 5.66. The van der Waals surface area contributed by atoms with Crippen LogP contribution in [-0.2, 0) is 4.74 Å². The molecule has 0 saturated carbocycles. The van der Waals surface area contributed by atoms with Crippen LogP contribution in [-0.4, -0.2) is 23.0 Å². The Kier molecular flexibility index (Phi) is 2.44. The summed E-state index contributed by atoms with van der Waals surface area (Å²) in [5.74, 6) is -0.797. The Bertz CT molecular complexity index is 360. The monoisotopic (exact) mass is 188 g/mol. The maximum atomic E-state index is 11.0. The maximum absolute atomic E-state index is 11.0. The summed E-state index contributed by atoms with van der Waals surface area (Å²) in [4.78, 5) is 27.6. The van der Waals surface area contributed by atoms with Crippen LogP contribution >= 0.6 is 11.6 Å². The first-order valence-electron chi connectivity index (χ1n) is 2.98. The number of methoxy groups -OCH3 is 1. The van der Waals surface area contributed by atoms with E-state index in [9.17, 15) is 9.59 Å². The quantitative estimate of drug-likeness (QED) is 0.505. The molecule has 12 heavy (non-hydrogen) atoms. The molecule has 0 saturated heterocycles. The Morgan fingerprint density at radius 2 is 2.42 bits per heavy atom. The Morgan fingerprint density at radius 3 is 2.92 bits per heavy atom. The number of hydrogen-bond acceptors (Lipinski definition) is 4. The van der Waals surface area contributed by atoms with Crippen LogP contribution in [0.1, 0.15) is 10.4 Å². The van der Waals surface area contributed by atoms with Gasteiger partial charge in [-0.05, 0) is 0 Å². The summed E-state index contributed by atoms with van der Waals surface area (Å²) in [6.45, 7) is 0. The van der Waals surface area contributed by atoms with Crippen molar-refractivity contribution in [2.75, 3.05) is 7.11 Å². The van der Waals surface area contributed by atoms with Crippen molar-refractivity contribution in [3.63, 3.8) is 0 Å². The topological polar surface area (TPSA) is 72.0 Å². The third-order valence-electron chi connectivity index (χ3n) is 1.20. The minimum atomic E-state index is -0.797. The van der Waals surface area contributed by atoms with Gasteiger partial charge in [0.1, 0.15) is 0 Å². The van der Waals surface area contributed by atoms with Gasteiger partial charge in [-0.3, -0.25) is 4.79 Å². The second-order valence-corrected chi connectivity index (χ2v) is 2.25. The predicted octanol–water partition coefficient (Wildman–Crippen LogP) is 0.210. The molecule has 1 rings (SSSR count). The molecule has 0 spiro atoms. The molecular formula is C6H5ClN2O3. The van der Waals surface area contributed by atoms with Gasteiger partial charge in [0.05, 0.1) is 13.4 Å². The predicted molar refractivity (Wildman–Crippen MR) is 41.2 cm³/mol. The van der Waals surface area contributed by atoms with Crippen molar-refractivity contribution >= 4 is 17.6 Å². The van der Waals surface area contributed by atoms with Crippen LogP contribution in [0.15, 0.2) is 11.1 Å². The average Bonchev–Trinajstić information content (AvgIpc) is 2.03. The normalized spacial score (nSPS) is 9.50. The van der Waals surface area contributed by atoms with Crippen LogP contribution in [0.2, 0.25) is 5.15 Å². The lowest BCUT2D eigenvalue weighted by molar-refractivity contribution is 0.0598. The Balaban J connectivity index is 3.31. The number of halogens is 1. The molecule has 1 aromatic heterocycles. The van der Waals surface area contributed by atoms with Gasteiger partial charge in [-0.1, -0.05) is 11.6 Å². The highest BCUT2D eigenvalue weighted by atomic mass is 35.5. The van der Waals surface area contributed by atoms with E-state index in [4.69, 9.17) is 11.6 Å². The molecule has 0 fully saturated rings. The summed E-state index contributed by atoms with van der Waals surface area (Å²) >= 11 is 5.47. The van der Waals surface area contributed by atoms with E-state index >= 15 is 0 Å². The lowest BCUT2D eigenvalue weighted by atomic mass is 10.3.